The maximum Gasteiger partial charge on any atom is 0.319 e. The minimum atomic E-state index is -0.906. The molecule has 0 atom stereocenters. The molecule has 0 bridgehead atoms. The van der Waals surface area contributed by atoms with Crippen molar-refractivity contribution >= 4 is 28.7 Å². The Bertz CT molecular complexity index is 1220. The maximum atomic E-state index is 14.7. The van der Waals surface area contributed by atoms with Crippen LogP contribution in [-0.2, 0) is 0 Å². The fourth-order valence-electron chi connectivity index (χ4n) is 3.00. The van der Waals surface area contributed by atoms with Crippen LogP contribution in [-0.4, -0.2) is 40.1 Å². The van der Waals surface area contributed by atoms with Crippen molar-refractivity contribution in [1.29, 1.82) is 0 Å². The van der Waals surface area contributed by atoms with Gasteiger partial charge in [0.25, 0.3) is 0 Å². The Morgan fingerprint density at radius 1 is 1.16 bits per heavy atom. The van der Waals surface area contributed by atoms with Gasteiger partial charge in [-0.1, -0.05) is 0 Å². The van der Waals surface area contributed by atoms with Gasteiger partial charge in [-0.2, -0.15) is 4.98 Å². The Balaban J connectivity index is 1.88. The SMILES string of the molecule is [C-]#[N+]C(C)(C)CCNC(=O)Nc1cc(-c2cc3cnc(NC)nc3nc2C)c(F)cc1F. The monoisotopic (exact) mass is 439 g/mol. The van der Waals surface area contributed by atoms with Crippen molar-refractivity contribution < 1.29 is 13.6 Å². The number of urea groups is 1. The van der Waals surface area contributed by atoms with Crippen molar-refractivity contribution in [2.45, 2.75) is 32.7 Å². The smallest absolute Gasteiger partial charge is 0.319 e. The second-order valence-electron chi connectivity index (χ2n) is 7.84. The average molecular weight is 439 g/mol. The van der Waals surface area contributed by atoms with Gasteiger partial charge in [0, 0.05) is 68.3 Å². The number of amides is 2. The molecule has 10 heteroatoms. The van der Waals surface area contributed by atoms with E-state index in [1.807, 2.05) is 0 Å². The van der Waals surface area contributed by atoms with Crippen LogP contribution in [0.2, 0.25) is 0 Å². The zero-order chi connectivity index (χ0) is 23.5. The van der Waals surface area contributed by atoms with Crippen LogP contribution in [0.25, 0.3) is 27.0 Å². The summed E-state index contributed by atoms with van der Waals surface area (Å²) >= 11 is 0. The van der Waals surface area contributed by atoms with E-state index >= 15 is 0 Å². The third kappa shape index (κ3) is 5.06. The number of carbonyl (C=O) groups is 1. The van der Waals surface area contributed by atoms with Crippen molar-refractivity contribution in [2.75, 3.05) is 24.2 Å². The van der Waals surface area contributed by atoms with Crippen LogP contribution in [0.1, 0.15) is 26.0 Å². The molecule has 0 radical (unpaired) electrons. The zero-order valence-corrected chi connectivity index (χ0v) is 18.2. The fraction of sp³-hybridized carbons (Fsp3) is 0.318. The Hall–Kier alpha value is -3.87. The van der Waals surface area contributed by atoms with Gasteiger partial charge in [-0.3, -0.25) is 0 Å². The van der Waals surface area contributed by atoms with Gasteiger partial charge >= 0.3 is 6.03 Å². The summed E-state index contributed by atoms with van der Waals surface area (Å²) in [4.78, 5) is 28.5. The summed E-state index contributed by atoms with van der Waals surface area (Å²) in [6.07, 6.45) is 1.99. The predicted molar refractivity (Wildman–Crippen MR) is 119 cm³/mol. The molecule has 32 heavy (non-hydrogen) atoms. The lowest BCUT2D eigenvalue weighted by Crippen LogP contribution is -2.33. The number of halogens is 2. The maximum absolute atomic E-state index is 14.7. The van der Waals surface area contributed by atoms with E-state index in [2.05, 4.69) is 35.7 Å². The number of hydrogen-bond acceptors (Lipinski definition) is 5. The van der Waals surface area contributed by atoms with E-state index in [0.29, 0.717) is 34.7 Å². The largest absolute Gasteiger partial charge is 0.357 e. The van der Waals surface area contributed by atoms with Gasteiger partial charge < -0.3 is 20.8 Å². The van der Waals surface area contributed by atoms with Gasteiger partial charge in [0.15, 0.2) is 5.65 Å². The highest BCUT2D eigenvalue weighted by atomic mass is 19.1. The molecule has 0 fully saturated rings. The van der Waals surface area contributed by atoms with Crippen LogP contribution in [0.5, 0.6) is 0 Å². The van der Waals surface area contributed by atoms with E-state index in [-0.39, 0.29) is 17.8 Å². The number of carbonyl (C=O) groups excluding carboxylic acids is 1. The lowest BCUT2D eigenvalue weighted by atomic mass is 10.0. The van der Waals surface area contributed by atoms with Crippen LogP contribution >= 0.6 is 0 Å². The molecule has 3 rings (SSSR count). The highest BCUT2D eigenvalue weighted by Crippen LogP contribution is 2.31. The van der Waals surface area contributed by atoms with E-state index in [1.54, 1.807) is 40.1 Å². The van der Waals surface area contributed by atoms with E-state index < -0.39 is 23.2 Å². The molecule has 0 unspecified atom stereocenters. The third-order valence-electron chi connectivity index (χ3n) is 4.90. The van der Waals surface area contributed by atoms with E-state index in [0.717, 1.165) is 6.07 Å². The first-order chi connectivity index (χ1) is 15.1. The number of benzene rings is 1. The van der Waals surface area contributed by atoms with E-state index in [4.69, 9.17) is 6.57 Å². The Morgan fingerprint density at radius 3 is 2.59 bits per heavy atom. The number of aryl methyl sites for hydroxylation is 1. The number of nitrogens with zero attached hydrogens (tertiary/aromatic N) is 4. The molecule has 0 spiro atoms. The molecule has 8 nitrogen and oxygen atoms in total. The van der Waals surface area contributed by atoms with Crippen LogP contribution in [0.3, 0.4) is 0 Å². The summed E-state index contributed by atoms with van der Waals surface area (Å²) in [6.45, 7) is 12.6. The quantitative estimate of drug-likeness (QED) is 0.491. The molecule has 0 aliphatic heterocycles. The third-order valence-corrected chi connectivity index (χ3v) is 4.90. The molecule has 3 aromatic rings. The summed E-state index contributed by atoms with van der Waals surface area (Å²) in [7, 11) is 1.69. The first-order valence-electron chi connectivity index (χ1n) is 9.88. The Kier molecular flexibility index (Phi) is 6.48. The molecule has 166 valence electrons. The Morgan fingerprint density at radius 2 is 1.91 bits per heavy atom. The molecule has 0 aliphatic rings. The molecule has 2 heterocycles. The van der Waals surface area contributed by atoms with Crippen molar-refractivity contribution in [3.8, 4) is 11.1 Å². The van der Waals surface area contributed by atoms with Gasteiger partial charge in [0.1, 0.15) is 11.6 Å². The number of rotatable bonds is 6. The first-order valence-corrected chi connectivity index (χ1v) is 9.88. The summed E-state index contributed by atoms with van der Waals surface area (Å²) in [5.41, 5.74) is 0.650. The second kappa shape index (κ2) is 9.09. The van der Waals surface area contributed by atoms with Gasteiger partial charge in [-0.25, -0.2) is 30.1 Å². The summed E-state index contributed by atoms with van der Waals surface area (Å²) < 4.78 is 29.0. The molecule has 0 aliphatic carbocycles. The second-order valence-corrected chi connectivity index (χ2v) is 7.84. The van der Waals surface area contributed by atoms with Crippen LogP contribution in [0.4, 0.5) is 25.2 Å². The lowest BCUT2D eigenvalue weighted by molar-refractivity contribution is 0.251. The van der Waals surface area contributed by atoms with Gasteiger partial charge in [0.2, 0.25) is 11.5 Å². The number of nitrogens with one attached hydrogen (secondary N) is 3. The first kappa shape index (κ1) is 22.8. The molecule has 0 saturated heterocycles. The lowest BCUT2D eigenvalue weighted by Gasteiger charge is -2.14. The standard InChI is InChI=1S/C22H23F2N7O/c1-12-14(8-13-11-28-20(25-4)31-19(13)29-12)15-9-18(17(24)10-16(15)23)30-21(32)27-7-6-22(2,3)26-5/h8-11H,6-7H2,1-4H3,(H2,27,30,32)(H,25,28,29,31). The minimum Gasteiger partial charge on any atom is -0.357 e. The number of hydrogen-bond donors (Lipinski definition) is 3. The summed E-state index contributed by atoms with van der Waals surface area (Å²) in [5.74, 6) is -1.29. The van der Waals surface area contributed by atoms with Crippen LogP contribution in [0.15, 0.2) is 24.4 Å². The molecule has 2 amide bonds. The topological polar surface area (TPSA) is 96.2 Å². The molecule has 0 saturated carbocycles. The van der Waals surface area contributed by atoms with E-state index in [9.17, 15) is 13.6 Å². The molecule has 1 aromatic carbocycles. The number of aromatic nitrogens is 3. The van der Waals surface area contributed by atoms with Crippen molar-refractivity contribution in [3.63, 3.8) is 0 Å². The predicted octanol–water partition coefficient (Wildman–Crippen LogP) is 4.53. The van der Waals surface area contributed by atoms with E-state index in [1.165, 1.54) is 6.07 Å². The highest BCUT2D eigenvalue weighted by Gasteiger charge is 2.22. The average Bonchev–Trinajstić information content (AvgIpc) is 2.74. The molecular weight excluding hydrogens is 416 g/mol. The minimum absolute atomic E-state index is 0.0837. The molecule has 3 N–H and O–H groups in total. The van der Waals surface area contributed by atoms with Crippen molar-refractivity contribution in [2.24, 2.45) is 0 Å². The van der Waals surface area contributed by atoms with Crippen LogP contribution < -0.4 is 16.0 Å². The normalized spacial score (nSPS) is 11.2. The van der Waals surface area contributed by atoms with Gasteiger partial charge in [-0.05, 0) is 19.1 Å². The van der Waals surface area contributed by atoms with Crippen molar-refractivity contribution in [3.05, 3.63) is 53.1 Å². The summed E-state index contributed by atoms with van der Waals surface area (Å²) in [6, 6.07) is 2.97. The van der Waals surface area contributed by atoms with Gasteiger partial charge in [-0.15, -0.1) is 0 Å². The zero-order valence-electron chi connectivity index (χ0n) is 18.2. The number of fused-ring (bicyclic) bond motifs is 1. The van der Waals surface area contributed by atoms with Crippen molar-refractivity contribution in [1.82, 2.24) is 20.3 Å². The fourth-order valence-corrected chi connectivity index (χ4v) is 3.00. The number of anilines is 2. The Labute approximate surface area is 184 Å². The highest BCUT2D eigenvalue weighted by molar-refractivity contribution is 5.91. The van der Waals surface area contributed by atoms with Crippen LogP contribution in [0, 0.1) is 25.1 Å². The molecule has 2 aromatic heterocycles. The summed E-state index contributed by atoms with van der Waals surface area (Å²) in [5, 5.41) is 8.39. The van der Waals surface area contributed by atoms with Gasteiger partial charge in [0.05, 0.1) is 5.69 Å². The number of pyridine rings is 1. The molecular formula is C22H23F2N7O.